The first-order valence-corrected chi connectivity index (χ1v) is 12.3. The molecule has 2 heterocycles. The lowest BCUT2D eigenvalue weighted by Gasteiger charge is -2.11. The molecule has 0 radical (unpaired) electrons. The van der Waals surface area contributed by atoms with Crippen LogP contribution in [0.2, 0.25) is 5.28 Å². The van der Waals surface area contributed by atoms with E-state index in [1.165, 1.54) is 32.1 Å². The Balaban J connectivity index is 1.45. The Morgan fingerprint density at radius 1 is 0.812 bits per heavy atom. The highest BCUT2D eigenvalue weighted by molar-refractivity contribution is 7.21. The van der Waals surface area contributed by atoms with E-state index in [2.05, 4.69) is 38.6 Å². The summed E-state index contributed by atoms with van der Waals surface area (Å²) < 4.78 is 1.15. The van der Waals surface area contributed by atoms with Crippen molar-refractivity contribution in [1.29, 1.82) is 0 Å². The largest absolute Gasteiger partial charge is 0.354 e. The summed E-state index contributed by atoms with van der Waals surface area (Å²) in [4.78, 5) is 17.8. The third kappa shape index (κ3) is 5.93. The molecule has 0 aliphatic carbocycles. The molecule has 2 aromatic carbocycles. The molecular weight excluding hydrogens is 440 g/mol. The van der Waals surface area contributed by atoms with Crippen LogP contribution in [0.25, 0.3) is 20.8 Å². The SMILES string of the molecule is CCCCCCCCNc1nc(Cl)nc(Nc2ccccc2-c2nc3ccccc3s2)n1. The van der Waals surface area contributed by atoms with Crippen molar-refractivity contribution >= 4 is 50.7 Å². The Morgan fingerprint density at radius 2 is 1.56 bits per heavy atom. The quantitative estimate of drug-likeness (QED) is 0.225. The fourth-order valence-electron chi connectivity index (χ4n) is 3.48. The highest BCUT2D eigenvalue weighted by Gasteiger charge is 2.12. The summed E-state index contributed by atoms with van der Waals surface area (Å²) in [5.74, 6) is 0.891. The summed E-state index contributed by atoms with van der Waals surface area (Å²) in [6, 6.07) is 16.1. The van der Waals surface area contributed by atoms with Gasteiger partial charge < -0.3 is 10.6 Å². The number of nitrogens with one attached hydrogen (secondary N) is 2. The van der Waals surface area contributed by atoms with E-state index in [0.29, 0.717) is 11.9 Å². The molecule has 4 aromatic rings. The molecule has 0 unspecified atom stereocenters. The molecule has 0 bridgehead atoms. The van der Waals surface area contributed by atoms with Crippen LogP contribution in [0.5, 0.6) is 0 Å². The minimum Gasteiger partial charge on any atom is -0.354 e. The van der Waals surface area contributed by atoms with Crippen LogP contribution in [0.1, 0.15) is 45.4 Å². The van der Waals surface area contributed by atoms with Crippen LogP contribution in [-0.4, -0.2) is 26.5 Å². The van der Waals surface area contributed by atoms with E-state index in [1.54, 1.807) is 11.3 Å². The van der Waals surface area contributed by atoms with Crippen LogP contribution in [0.3, 0.4) is 0 Å². The van der Waals surface area contributed by atoms with E-state index < -0.39 is 0 Å². The molecule has 0 saturated carbocycles. The van der Waals surface area contributed by atoms with Gasteiger partial charge in [0.05, 0.1) is 15.9 Å². The van der Waals surface area contributed by atoms with Crippen molar-refractivity contribution in [3.05, 3.63) is 53.8 Å². The van der Waals surface area contributed by atoms with Crippen molar-refractivity contribution in [2.75, 3.05) is 17.2 Å². The van der Waals surface area contributed by atoms with Gasteiger partial charge in [0.2, 0.25) is 17.2 Å². The van der Waals surface area contributed by atoms with Gasteiger partial charge in [-0.05, 0) is 42.3 Å². The molecule has 2 N–H and O–H groups in total. The van der Waals surface area contributed by atoms with Gasteiger partial charge in [-0.2, -0.15) is 15.0 Å². The number of unbranched alkanes of at least 4 members (excludes halogenated alkanes) is 5. The fourth-order valence-corrected chi connectivity index (χ4v) is 4.64. The molecule has 32 heavy (non-hydrogen) atoms. The topological polar surface area (TPSA) is 75.6 Å². The Labute approximate surface area is 197 Å². The minimum atomic E-state index is 0.158. The Kier molecular flexibility index (Phi) is 7.85. The van der Waals surface area contributed by atoms with E-state index in [-0.39, 0.29) is 5.28 Å². The number of hydrogen-bond acceptors (Lipinski definition) is 7. The molecule has 0 aliphatic heterocycles. The normalized spacial score (nSPS) is 11.1. The third-order valence-electron chi connectivity index (χ3n) is 5.12. The average Bonchev–Trinajstić information content (AvgIpc) is 3.23. The highest BCUT2D eigenvalue weighted by atomic mass is 35.5. The number of thiazole rings is 1. The minimum absolute atomic E-state index is 0.158. The van der Waals surface area contributed by atoms with E-state index in [0.717, 1.165) is 39.4 Å². The number of anilines is 3. The number of fused-ring (bicyclic) bond motifs is 1. The second kappa shape index (κ2) is 11.2. The maximum Gasteiger partial charge on any atom is 0.233 e. The summed E-state index contributed by atoms with van der Waals surface area (Å²) >= 11 is 7.83. The first-order chi connectivity index (χ1) is 15.7. The van der Waals surface area contributed by atoms with Crippen molar-refractivity contribution in [3.8, 4) is 10.6 Å². The number of nitrogens with zero attached hydrogens (tertiary/aromatic N) is 4. The average molecular weight is 467 g/mol. The first-order valence-electron chi connectivity index (χ1n) is 11.1. The molecule has 0 amide bonds. The van der Waals surface area contributed by atoms with Gasteiger partial charge in [-0.3, -0.25) is 0 Å². The lowest BCUT2D eigenvalue weighted by Crippen LogP contribution is -2.08. The molecule has 2 aromatic heterocycles. The van der Waals surface area contributed by atoms with E-state index in [4.69, 9.17) is 16.6 Å². The van der Waals surface area contributed by atoms with Crippen molar-refractivity contribution in [2.24, 2.45) is 0 Å². The molecule has 0 saturated heterocycles. The summed E-state index contributed by atoms with van der Waals surface area (Å²) in [7, 11) is 0. The van der Waals surface area contributed by atoms with Gasteiger partial charge >= 0.3 is 0 Å². The number of halogens is 1. The lowest BCUT2D eigenvalue weighted by molar-refractivity contribution is 0.616. The molecule has 0 atom stereocenters. The van der Waals surface area contributed by atoms with Crippen LogP contribution in [0.15, 0.2) is 48.5 Å². The number of benzene rings is 2. The monoisotopic (exact) mass is 466 g/mol. The third-order valence-corrected chi connectivity index (χ3v) is 6.36. The Morgan fingerprint density at radius 3 is 2.44 bits per heavy atom. The predicted molar refractivity (Wildman–Crippen MR) is 135 cm³/mol. The fraction of sp³-hybridized carbons (Fsp3) is 0.333. The predicted octanol–water partition coefficient (Wildman–Crippen LogP) is 7.32. The van der Waals surface area contributed by atoms with Crippen LogP contribution < -0.4 is 10.6 Å². The maximum absolute atomic E-state index is 6.17. The van der Waals surface area contributed by atoms with Crippen molar-refractivity contribution in [2.45, 2.75) is 45.4 Å². The van der Waals surface area contributed by atoms with E-state index >= 15 is 0 Å². The Bertz CT molecular complexity index is 1130. The molecule has 0 spiro atoms. The zero-order chi connectivity index (χ0) is 22.2. The summed E-state index contributed by atoms with van der Waals surface area (Å²) in [5, 5.41) is 7.67. The van der Waals surface area contributed by atoms with Crippen molar-refractivity contribution in [1.82, 2.24) is 19.9 Å². The molecule has 8 heteroatoms. The van der Waals surface area contributed by atoms with Crippen LogP contribution >= 0.6 is 22.9 Å². The van der Waals surface area contributed by atoms with Crippen molar-refractivity contribution < 1.29 is 0 Å². The maximum atomic E-state index is 6.17. The van der Waals surface area contributed by atoms with Crippen LogP contribution in [0.4, 0.5) is 17.6 Å². The summed E-state index contributed by atoms with van der Waals surface area (Å²) in [6.45, 7) is 3.04. The molecule has 0 aliphatic rings. The second-order valence-electron chi connectivity index (χ2n) is 7.60. The van der Waals surface area contributed by atoms with Gasteiger partial charge in [0.1, 0.15) is 5.01 Å². The van der Waals surface area contributed by atoms with Crippen molar-refractivity contribution in [3.63, 3.8) is 0 Å². The van der Waals surface area contributed by atoms with Gasteiger partial charge in [0.15, 0.2) is 0 Å². The molecular formula is C24H27ClN6S. The number of para-hydroxylation sites is 2. The van der Waals surface area contributed by atoms with Gasteiger partial charge in [-0.1, -0.05) is 63.3 Å². The van der Waals surface area contributed by atoms with Crippen LogP contribution in [-0.2, 0) is 0 Å². The molecule has 0 fully saturated rings. The van der Waals surface area contributed by atoms with E-state index in [1.807, 2.05) is 42.5 Å². The smallest absolute Gasteiger partial charge is 0.233 e. The standard InChI is InChI=1S/C24H27ClN6S/c1-2-3-4-5-6-11-16-26-23-29-22(25)30-24(31-23)28-18-13-8-7-12-17(18)21-27-19-14-9-10-15-20(19)32-21/h7-10,12-15H,2-6,11,16H2,1H3,(H2,26,28,29,30,31). The zero-order valence-electron chi connectivity index (χ0n) is 18.1. The first kappa shape index (κ1) is 22.4. The van der Waals surface area contributed by atoms with Gasteiger partial charge in [-0.15, -0.1) is 11.3 Å². The summed E-state index contributed by atoms with van der Waals surface area (Å²) in [6.07, 6.45) is 7.42. The highest BCUT2D eigenvalue weighted by Crippen LogP contribution is 2.35. The second-order valence-corrected chi connectivity index (χ2v) is 8.97. The number of aromatic nitrogens is 4. The Hall–Kier alpha value is -2.77. The molecule has 4 rings (SSSR count). The van der Waals surface area contributed by atoms with Gasteiger partial charge in [0.25, 0.3) is 0 Å². The zero-order valence-corrected chi connectivity index (χ0v) is 19.7. The van der Waals surface area contributed by atoms with Crippen LogP contribution in [0, 0.1) is 0 Å². The number of rotatable bonds is 11. The number of hydrogen-bond donors (Lipinski definition) is 2. The summed E-state index contributed by atoms with van der Waals surface area (Å²) in [5.41, 5.74) is 2.86. The van der Waals surface area contributed by atoms with Gasteiger partial charge in [0, 0.05) is 12.1 Å². The molecule has 166 valence electrons. The van der Waals surface area contributed by atoms with Gasteiger partial charge in [-0.25, -0.2) is 4.98 Å². The molecule has 6 nitrogen and oxygen atoms in total. The van der Waals surface area contributed by atoms with E-state index in [9.17, 15) is 0 Å². The lowest BCUT2D eigenvalue weighted by atomic mass is 10.1.